The van der Waals surface area contributed by atoms with Crippen molar-refractivity contribution in [2.45, 2.75) is 19.4 Å². The fraction of sp³-hybridized carbons (Fsp3) is 0.636. The Balaban J connectivity index is 1.84. The lowest BCUT2D eigenvalue weighted by Crippen LogP contribution is -2.30. The Morgan fingerprint density at radius 3 is 2.73 bits per heavy atom. The molecule has 1 aliphatic rings. The number of rotatable bonds is 5. The first kappa shape index (κ1) is 11.6. The van der Waals surface area contributed by atoms with Gasteiger partial charge in [0.15, 0.2) is 0 Å². The molecule has 0 aliphatic heterocycles. The van der Waals surface area contributed by atoms with Gasteiger partial charge in [-0.25, -0.2) is 0 Å². The van der Waals surface area contributed by atoms with Crippen molar-refractivity contribution in [1.82, 2.24) is 4.90 Å². The lowest BCUT2D eigenvalue weighted by molar-refractivity contribution is 0.261. The van der Waals surface area contributed by atoms with Crippen LogP contribution in [0.3, 0.4) is 0 Å². The lowest BCUT2D eigenvalue weighted by Gasteiger charge is -2.21. The van der Waals surface area contributed by atoms with Gasteiger partial charge < -0.3 is 10.6 Å². The molecule has 2 N–H and O–H groups in total. The monoisotopic (exact) mass is 288 g/mol. The largest absolute Gasteiger partial charge is 0.330 e. The summed E-state index contributed by atoms with van der Waals surface area (Å²) in [7, 11) is 2.18. The molecule has 15 heavy (non-hydrogen) atoms. The molecule has 1 saturated carbocycles. The van der Waals surface area contributed by atoms with Gasteiger partial charge in [0.2, 0.25) is 0 Å². The summed E-state index contributed by atoms with van der Waals surface area (Å²) in [5.74, 6) is 0. The van der Waals surface area contributed by atoms with Crippen LogP contribution >= 0.6 is 27.3 Å². The van der Waals surface area contributed by atoms with Gasteiger partial charge in [-0.3, -0.25) is 0 Å². The average molecular weight is 289 g/mol. The maximum Gasteiger partial charge on any atom is 0.0701 e. The molecule has 0 amide bonds. The van der Waals surface area contributed by atoms with E-state index in [9.17, 15) is 0 Å². The lowest BCUT2D eigenvalue weighted by atomic mass is 10.1. The van der Waals surface area contributed by atoms with Crippen LogP contribution in [0.4, 0.5) is 0 Å². The van der Waals surface area contributed by atoms with E-state index in [0.29, 0.717) is 5.41 Å². The third-order valence-electron chi connectivity index (χ3n) is 3.05. The molecule has 1 heterocycles. The van der Waals surface area contributed by atoms with E-state index in [1.165, 1.54) is 21.5 Å². The van der Waals surface area contributed by atoms with Gasteiger partial charge in [-0.1, -0.05) is 0 Å². The molecule has 1 aliphatic carbocycles. The second-order valence-corrected chi connectivity index (χ2v) is 7.13. The van der Waals surface area contributed by atoms with Crippen molar-refractivity contribution >= 4 is 27.3 Å². The minimum absolute atomic E-state index is 0.448. The Morgan fingerprint density at radius 2 is 2.27 bits per heavy atom. The van der Waals surface area contributed by atoms with Gasteiger partial charge in [0.25, 0.3) is 0 Å². The average Bonchev–Trinajstić information content (AvgIpc) is 2.84. The molecular formula is C11H17BrN2S. The maximum atomic E-state index is 5.78. The molecule has 0 atom stereocenters. The Hall–Kier alpha value is 0.1000. The van der Waals surface area contributed by atoms with Crippen LogP contribution in [0.25, 0.3) is 0 Å². The number of hydrogen-bond acceptors (Lipinski definition) is 3. The van der Waals surface area contributed by atoms with E-state index in [1.54, 1.807) is 0 Å². The Kier molecular flexibility index (Phi) is 3.50. The van der Waals surface area contributed by atoms with Gasteiger partial charge in [-0.2, -0.15) is 0 Å². The van der Waals surface area contributed by atoms with Crippen LogP contribution in [-0.4, -0.2) is 25.0 Å². The Labute approximate surface area is 104 Å². The zero-order valence-electron chi connectivity index (χ0n) is 9.00. The van der Waals surface area contributed by atoms with E-state index in [4.69, 9.17) is 5.73 Å². The molecule has 0 spiro atoms. The highest BCUT2D eigenvalue weighted by Crippen LogP contribution is 2.45. The molecule has 0 unspecified atom stereocenters. The van der Waals surface area contributed by atoms with Crippen molar-refractivity contribution in [3.8, 4) is 0 Å². The fourth-order valence-corrected chi connectivity index (χ4v) is 3.50. The molecule has 1 aromatic rings. The topological polar surface area (TPSA) is 29.3 Å². The van der Waals surface area contributed by atoms with Crippen molar-refractivity contribution in [2.75, 3.05) is 20.1 Å². The quantitative estimate of drug-likeness (QED) is 0.903. The maximum absolute atomic E-state index is 5.78. The fourth-order valence-electron chi connectivity index (χ4n) is 1.93. The summed E-state index contributed by atoms with van der Waals surface area (Å²) >= 11 is 5.30. The van der Waals surface area contributed by atoms with Crippen LogP contribution in [0.1, 0.15) is 17.7 Å². The summed E-state index contributed by atoms with van der Waals surface area (Å²) in [6.07, 6.45) is 2.62. The minimum atomic E-state index is 0.448. The molecule has 84 valence electrons. The summed E-state index contributed by atoms with van der Waals surface area (Å²) in [5, 5.41) is 0. The first-order valence-electron chi connectivity index (χ1n) is 5.26. The van der Waals surface area contributed by atoms with E-state index in [2.05, 4.69) is 40.0 Å². The SMILES string of the molecule is CN(Cc1ccc(Br)s1)CC1(CN)CC1. The molecule has 1 fully saturated rings. The molecule has 0 saturated heterocycles. The number of hydrogen-bond donors (Lipinski definition) is 1. The minimum Gasteiger partial charge on any atom is -0.330 e. The van der Waals surface area contributed by atoms with E-state index in [1.807, 2.05) is 11.3 Å². The van der Waals surface area contributed by atoms with Crippen LogP contribution in [-0.2, 0) is 6.54 Å². The highest BCUT2D eigenvalue weighted by atomic mass is 79.9. The number of nitrogens with two attached hydrogens (primary N) is 1. The Bertz CT molecular complexity index is 333. The molecular weight excluding hydrogens is 272 g/mol. The summed E-state index contributed by atoms with van der Waals surface area (Å²) in [5.41, 5.74) is 6.23. The van der Waals surface area contributed by atoms with Gasteiger partial charge in [-0.15, -0.1) is 11.3 Å². The summed E-state index contributed by atoms with van der Waals surface area (Å²) in [4.78, 5) is 3.80. The van der Waals surface area contributed by atoms with Crippen LogP contribution in [0, 0.1) is 5.41 Å². The summed E-state index contributed by atoms with van der Waals surface area (Å²) in [6, 6.07) is 4.30. The van der Waals surface area contributed by atoms with E-state index in [-0.39, 0.29) is 0 Å². The van der Waals surface area contributed by atoms with Gasteiger partial charge in [0.1, 0.15) is 0 Å². The number of halogens is 1. The van der Waals surface area contributed by atoms with E-state index < -0.39 is 0 Å². The molecule has 0 bridgehead atoms. The van der Waals surface area contributed by atoms with Crippen LogP contribution in [0.2, 0.25) is 0 Å². The first-order valence-corrected chi connectivity index (χ1v) is 6.87. The standard InChI is InChI=1S/C11H17BrN2S/c1-14(8-11(7-13)4-5-11)6-9-2-3-10(12)15-9/h2-3H,4-8,13H2,1H3. The molecule has 2 nitrogen and oxygen atoms in total. The summed E-state index contributed by atoms with van der Waals surface area (Å²) < 4.78 is 1.21. The van der Waals surface area contributed by atoms with Crippen LogP contribution in [0.15, 0.2) is 15.9 Å². The van der Waals surface area contributed by atoms with Crippen molar-refractivity contribution in [2.24, 2.45) is 11.1 Å². The first-order chi connectivity index (χ1) is 7.13. The van der Waals surface area contributed by atoms with E-state index in [0.717, 1.165) is 19.6 Å². The Morgan fingerprint density at radius 1 is 1.53 bits per heavy atom. The van der Waals surface area contributed by atoms with Crippen LogP contribution in [0.5, 0.6) is 0 Å². The van der Waals surface area contributed by atoms with E-state index >= 15 is 0 Å². The predicted molar refractivity (Wildman–Crippen MR) is 69.1 cm³/mol. The molecule has 0 aromatic carbocycles. The molecule has 1 aromatic heterocycles. The molecule has 0 radical (unpaired) electrons. The van der Waals surface area contributed by atoms with Crippen molar-refractivity contribution < 1.29 is 0 Å². The third kappa shape index (κ3) is 3.03. The molecule has 2 rings (SSSR count). The van der Waals surface area contributed by atoms with Crippen molar-refractivity contribution in [3.05, 3.63) is 20.8 Å². The second-order valence-electron chi connectivity index (χ2n) is 4.58. The van der Waals surface area contributed by atoms with Gasteiger partial charge >= 0.3 is 0 Å². The number of nitrogens with zero attached hydrogens (tertiary/aromatic N) is 1. The second kappa shape index (κ2) is 4.53. The van der Waals surface area contributed by atoms with Crippen molar-refractivity contribution in [3.63, 3.8) is 0 Å². The third-order valence-corrected chi connectivity index (χ3v) is 4.66. The van der Waals surface area contributed by atoms with Gasteiger partial charge in [0, 0.05) is 18.0 Å². The normalized spacial score (nSPS) is 18.4. The van der Waals surface area contributed by atoms with Crippen molar-refractivity contribution in [1.29, 1.82) is 0 Å². The van der Waals surface area contributed by atoms with Gasteiger partial charge in [-0.05, 0) is 59.9 Å². The van der Waals surface area contributed by atoms with Crippen LogP contribution < -0.4 is 5.73 Å². The van der Waals surface area contributed by atoms with Gasteiger partial charge in [0.05, 0.1) is 3.79 Å². The highest BCUT2D eigenvalue weighted by molar-refractivity contribution is 9.11. The number of thiophene rings is 1. The molecule has 4 heteroatoms. The smallest absolute Gasteiger partial charge is 0.0701 e. The zero-order chi connectivity index (χ0) is 10.9. The highest BCUT2D eigenvalue weighted by Gasteiger charge is 2.41. The predicted octanol–water partition coefficient (Wildman–Crippen LogP) is 2.68. The summed E-state index contributed by atoms with van der Waals surface area (Å²) in [6.45, 7) is 3.02. The zero-order valence-corrected chi connectivity index (χ0v) is 11.4.